The van der Waals surface area contributed by atoms with E-state index >= 15 is 0 Å². The summed E-state index contributed by atoms with van der Waals surface area (Å²) in [6.45, 7) is 21.2. The van der Waals surface area contributed by atoms with Crippen LogP contribution in [0.1, 0.15) is 53.2 Å². The smallest absolute Gasteiger partial charge is 0.128 e. The van der Waals surface area contributed by atoms with E-state index in [4.69, 9.17) is 4.98 Å². The molecule has 3 nitrogen and oxygen atoms in total. The van der Waals surface area contributed by atoms with Crippen LogP contribution < -0.4 is 4.90 Å². The Morgan fingerprint density at radius 3 is 2.14 bits per heavy atom. The third kappa shape index (κ3) is 4.75. The number of hydrogen-bond acceptors (Lipinski definition) is 3. The lowest BCUT2D eigenvalue weighted by atomic mass is 10.1. The molecule has 0 saturated carbocycles. The van der Waals surface area contributed by atoms with Crippen LogP contribution in [0, 0.1) is 5.92 Å². The molecular formula is C19H33N3. The first-order valence-electron chi connectivity index (χ1n) is 8.64. The van der Waals surface area contributed by atoms with Crippen molar-refractivity contribution in [3.05, 3.63) is 36.2 Å². The Balaban J connectivity index is 0.00000116. The van der Waals surface area contributed by atoms with Gasteiger partial charge >= 0.3 is 0 Å². The van der Waals surface area contributed by atoms with Gasteiger partial charge in [0.25, 0.3) is 0 Å². The Kier molecular flexibility index (Phi) is 7.43. The van der Waals surface area contributed by atoms with Gasteiger partial charge in [0.15, 0.2) is 0 Å². The Hall–Kier alpha value is -1.51. The largest absolute Gasteiger partial charge is 0.372 e. The molecule has 0 spiro atoms. The summed E-state index contributed by atoms with van der Waals surface area (Å²) in [7, 11) is 0. The Morgan fingerprint density at radius 2 is 1.64 bits per heavy atom. The van der Waals surface area contributed by atoms with Crippen LogP contribution in [0.5, 0.6) is 0 Å². The molecule has 2 rings (SSSR count). The Bertz CT molecular complexity index is 458. The van der Waals surface area contributed by atoms with Crippen molar-refractivity contribution in [2.45, 2.75) is 47.5 Å². The number of nitrogens with zero attached hydrogens (tertiary/aromatic N) is 3. The molecule has 1 saturated heterocycles. The normalized spacial score (nSPS) is 14.9. The van der Waals surface area contributed by atoms with Crippen molar-refractivity contribution in [2.24, 2.45) is 5.92 Å². The van der Waals surface area contributed by atoms with Crippen molar-refractivity contribution in [3.63, 3.8) is 0 Å². The van der Waals surface area contributed by atoms with Crippen LogP contribution >= 0.6 is 0 Å². The van der Waals surface area contributed by atoms with Crippen molar-refractivity contribution >= 4 is 5.82 Å². The molecule has 1 aliphatic heterocycles. The second-order valence-electron chi connectivity index (χ2n) is 6.20. The van der Waals surface area contributed by atoms with Crippen molar-refractivity contribution < 1.29 is 0 Å². The lowest BCUT2D eigenvalue weighted by Gasteiger charge is -2.38. The predicted molar refractivity (Wildman–Crippen MR) is 97.4 cm³/mol. The highest BCUT2D eigenvalue weighted by Gasteiger charge is 2.20. The minimum atomic E-state index is 0.483. The lowest BCUT2D eigenvalue weighted by molar-refractivity contribution is 0.295. The van der Waals surface area contributed by atoms with E-state index in [1.54, 1.807) is 0 Å². The Morgan fingerprint density at radius 1 is 1.05 bits per heavy atom. The van der Waals surface area contributed by atoms with Crippen LogP contribution in [0.15, 0.2) is 30.5 Å². The van der Waals surface area contributed by atoms with Crippen LogP contribution in [0.25, 0.3) is 0 Å². The van der Waals surface area contributed by atoms with Crippen LogP contribution in [0.2, 0.25) is 0 Å². The molecule has 0 aliphatic carbocycles. The van der Waals surface area contributed by atoms with E-state index in [1.165, 1.54) is 11.4 Å². The van der Waals surface area contributed by atoms with Gasteiger partial charge in [0.2, 0.25) is 0 Å². The van der Waals surface area contributed by atoms with Crippen molar-refractivity contribution in [1.29, 1.82) is 0 Å². The molecule has 2 heterocycles. The fourth-order valence-corrected chi connectivity index (χ4v) is 2.53. The quantitative estimate of drug-likeness (QED) is 0.815. The van der Waals surface area contributed by atoms with E-state index in [2.05, 4.69) is 62.3 Å². The molecule has 0 amide bonds. The van der Waals surface area contributed by atoms with Gasteiger partial charge in [0, 0.05) is 37.6 Å². The van der Waals surface area contributed by atoms with Crippen LogP contribution in [0.3, 0.4) is 0 Å². The molecule has 1 aromatic heterocycles. The third-order valence-corrected chi connectivity index (χ3v) is 4.02. The molecule has 0 unspecified atom stereocenters. The second kappa shape index (κ2) is 8.82. The van der Waals surface area contributed by atoms with E-state index < -0.39 is 0 Å². The summed E-state index contributed by atoms with van der Waals surface area (Å²) in [6.07, 6.45) is 0. The molecule has 1 fully saturated rings. The zero-order valence-corrected chi connectivity index (χ0v) is 15.3. The van der Waals surface area contributed by atoms with E-state index in [9.17, 15) is 0 Å². The van der Waals surface area contributed by atoms with E-state index in [1.807, 2.05) is 13.8 Å². The maximum atomic E-state index is 4.79. The molecule has 1 aromatic rings. The number of anilines is 1. The summed E-state index contributed by atoms with van der Waals surface area (Å²) in [5, 5.41) is 0. The number of allylic oxidation sites excluding steroid dienone is 1. The van der Waals surface area contributed by atoms with Gasteiger partial charge in [-0.05, 0) is 24.0 Å². The van der Waals surface area contributed by atoms with Gasteiger partial charge in [-0.3, -0.25) is 0 Å². The van der Waals surface area contributed by atoms with Gasteiger partial charge in [-0.2, -0.15) is 0 Å². The van der Waals surface area contributed by atoms with Crippen LogP contribution in [-0.2, 0) is 0 Å². The maximum Gasteiger partial charge on any atom is 0.128 e. The predicted octanol–water partition coefficient (Wildman–Crippen LogP) is 4.52. The number of hydrogen-bond donors (Lipinski definition) is 0. The average molecular weight is 303 g/mol. The average Bonchev–Trinajstić information content (AvgIpc) is 2.56. The minimum absolute atomic E-state index is 0.483. The summed E-state index contributed by atoms with van der Waals surface area (Å²) in [5.74, 6) is 2.13. The SMILES string of the molecule is C=C(C(C)C)N1CCN(c2cccc(C(C)C)n2)CC1.CC. The molecule has 0 aromatic carbocycles. The summed E-state index contributed by atoms with van der Waals surface area (Å²) < 4.78 is 0. The van der Waals surface area contributed by atoms with Gasteiger partial charge in [-0.1, -0.05) is 54.2 Å². The highest BCUT2D eigenvalue weighted by atomic mass is 15.3. The first-order valence-corrected chi connectivity index (χ1v) is 8.64. The van der Waals surface area contributed by atoms with Gasteiger partial charge in [0.1, 0.15) is 5.82 Å². The molecular weight excluding hydrogens is 270 g/mol. The summed E-state index contributed by atoms with van der Waals surface area (Å²) in [6, 6.07) is 6.36. The summed E-state index contributed by atoms with van der Waals surface area (Å²) >= 11 is 0. The van der Waals surface area contributed by atoms with Gasteiger partial charge < -0.3 is 9.80 Å². The van der Waals surface area contributed by atoms with Gasteiger partial charge in [-0.25, -0.2) is 4.98 Å². The standard InChI is InChI=1S/C17H27N3.C2H6/c1-13(2)15(5)19-9-11-20(12-10-19)17-8-6-7-16(18-17)14(3)4;1-2/h6-8,13-14H,5,9-12H2,1-4H3;1-2H3. The number of aromatic nitrogens is 1. The monoisotopic (exact) mass is 303 g/mol. The third-order valence-electron chi connectivity index (χ3n) is 4.02. The van der Waals surface area contributed by atoms with E-state index in [-0.39, 0.29) is 0 Å². The summed E-state index contributed by atoms with van der Waals surface area (Å²) in [5.41, 5.74) is 2.44. The number of pyridine rings is 1. The fourth-order valence-electron chi connectivity index (χ4n) is 2.53. The molecule has 0 radical (unpaired) electrons. The molecule has 0 bridgehead atoms. The van der Waals surface area contributed by atoms with Crippen LogP contribution in [-0.4, -0.2) is 36.1 Å². The molecule has 22 heavy (non-hydrogen) atoms. The highest BCUT2D eigenvalue weighted by Crippen LogP contribution is 2.21. The van der Waals surface area contributed by atoms with Gasteiger partial charge in [-0.15, -0.1) is 0 Å². The minimum Gasteiger partial charge on any atom is -0.372 e. The maximum absolute atomic E-state index is 4.79. The molecule has 1 aliphatic rings. The lowest BCUT2D eigenvalue weighted by Crippen LogP contribution is -2.46. The second-order valence-corrected chi connectivity index (χ2v) is 6.20. The molecule has 3 heteroatoms. The molecule has 0 N–H and O–H groups in total. The zero-order chi connectivity index (χ0) is 16.7. The highest BCUT2D eigenvalue weighted by molar-refractivity contribution is 5.40. The first-order chi connectivity index (χ1) is 10.5. The van der Waals surface area contributed by atoms with Crippen molar-refractivity contribution in [3.8, 4) is 0 Å². The number of piperazine rings is 1. The first kappa shape index (κ1) is 18.5. The molecule has 0 atom stereocenters. The van der Waals surface area contributed by atoms with Crippen molar-refractivity contribution in [1.82, 2.24) is 9.88 Å². The molecule has 124 valence electrons. The van der Waals surface area contributed by atoms with Crippen molar-refractivity contribution in [2.75, 3.05) is 31.1 Å². The van der Waals surface area contributed by atoms with E-state index in [0.717, 1.165) is 32.0 Å². The van der Waals surface area contributed by atoms with Gasteiger partial charge in [0.05, 0.1) is 0 Å². The fraction of sp³-hybridized carbons (Fsp3) is 0.632. The zero-order valence-electron chi connectivity index (χ0n) is 15.3. The summed E-state index contributed by atoms with van der Waals surface area (Å²) in [4.78, 5) is 9.58. The number of rotatable bonds is 4. The topological polar surface area (TPSA) is 19.4 Å². The van der Waals surface area contributed by atoms with E-state index in [0.29, 0.717) is 11.8 Å². The Labute approximate surface area is 137 Å². The van der Waals surface area contributed by atoms with Crippen LogP contribution in [0.4, 0.5) is 5.82 Å².